The summed E-state index contributed by atoms with van der Waals surface area (Å²) in [7, 11) is 4.11. The second-order valence-corrected chi connectivity index (χ2v) is 7.20. The van der Waals surface area contributed by atoms with E-state index in [4.69, 9.17) is 9.72 Å². The molecule has 0 bridgehead atoms. The van der Waals surface area contributed by atoms with Crippen molar-refractivity contribution in [1.82, 2.24) is 9.38 Å². The van der Waals surface area contributed by atoms with Crippen LogP contribution in [-0.4, -0.2) is 42.7 Å². The molecule has 1 unspecified atom stereocenters. The molecule has 4 rings (SSSR count). The van der Waals surface area contributed by atoms with Gasteiger partial charge < -0.3 is 15.0 Å². The molecule has 0 radical (unpaired) electrons. The van der Waals surface area contributed by atoms with Crippen LogP contribution in [0.15, 0.2) is 42.6 Å². The van der Waals surface area contributed by atoms with Crippen LogP contribution in [0.1, 0.15) is 18.4 Å². The monoisotopic (exact) mass is 350 g/mol. The number of aryl methyl sites for hydroxylation is 1. The molecule has 1 atom stereocenters. The third kappa shape index (κ3) is 3.27. The highest BCUT2D eigenvalue weighted by molar-refractivity contribution is 5.77. The Hall–Kier alpha value is -2.53. The lowest BCUT2D eigenvalue weighted by molar-refractivity contribution is 0.120. The highest BCUT2D eigenvalue weighted by Gasteiger charge is 2.19. The largest absolute Gasteiger partial charge is 0.378 e. The van der Waals surface area contributed by atoms with Gasteiger partial charge in [0.25, 0.3) is 0 Å². The molecule has 3 aromatic rings. The molecule has 1 fully saturated rings. The molecule has 26 heavy (non-hydrogen) atoms. The number of imidazole rings is 1. The molecule has 136 valence electrons. The van der Waals surface area contributed by atoms with Crippen LogP contribution in [0.2, 0.25) is 0 Å². The summed E-state index contributed by atoms with van der Waals surface area (Å²) >= 11 is 0. The van der Waals surface area contributed by atoms with Crippen LogP contribution >= 0.6 is 0 Å². The van der Waals surface area contributed by atoms with Crippen LogP contribution < -0.4 is 10.2 Å². The minimum atomic E-state index is 0.286. The number of aromatic nitrogens is 2. The van der Waals surface area contributed by atoms with Gasteiger partial charge in [0.2, 0.25) is 0 Å². The number of ether oxygens (including phenoxy) is 1. The Balaban J connectivity index is 1.73. The lowest BCUT2D eigenvalue weighted by Crippen LogP contribution is -2.19. The van der Waals surface area contributed by atoms with Crippen LogP contribution in [0.25, 0.3) is 16.9 Å². The first-order valence-corrected chi connectivity index (χ1v) is 9.24. The Bertz CT molecular complexity index is 892. The molecular formula is C21H26N4O. The fourth-order valence-corrected chi connectivity index (χ4v) is 3.45. The van der Waals surface area contributed by atoms with E-state index in [9.17, 15) is 0 Å². The van der Waals surface area contributed by atoms with E-state index in [1.807, 2.05) is 0 Å². The predicted octanol–water partition coefficient (Wildman–Crippen LogP) is 3.97. The van der Waals surface area contributed by atoms with Crippen molar-refractivity contribution in [2.75, 3.05) is 37.5 Å². The number of rotatable bonds is 5. The number of fused-ring (bicyclic) bond motifs is 1. The van der Waals surface area contributed by atoms with E-state index < -0.39 is 0 Å². The molecule has 1 aromatic carbocycles. The van der Waals surface area contributed by atoms with Crippen molar-refractivity contribution in [2.24, 2.45) is 0 Å². The first-order chi connectivity index (χ1) is 12.6. The summed E-state index contributed by atoms with van der Waals surface area (Å²) in [5, 5.41) is 3.61. The normalized spacial score (nSPS) is 17.0. The molecule has 5 heteroatoms. The van der Waals surface area contributed by atoms with Crippen LogP contribution in [0.5, 0.6) is 0 Å². The second kappa shape index (κ2) is 7.00. The summed E-state index contributed by atoms with van der Waals surface area (Å²) in [4.78, 5) is 6.99. The van der Waals surface area contributed by atoms with Gasteiger partial charge in [-0.05, 0) is 43.5 Å². The van der Waals surface area contributed by atoms with E-state index in [1.54, 1.807) is 0 Å². The quantitative estimate of drug-likeness (QED) is 0.756. The SMILES string of the molecule is Cc1ccc2nc(-c3ccc(N(C)C)cc3)c(NCC3CCCO3)n2c1. The Morgan fingerprint density at radius 1 is 1.19 bits per heavy atom. The number of nitrogens with one attached hydrogen (secondary N) is 1. The van der Waals surface area contributed by atoms with Gasteiger partial charge in [0.1, 0.15) is 17.2 Å². The van der Waals surface area contributed by atoms with Crippen LogP contribution in [0.4, 0.5) is 11.5 Å². The van der Waals surface area contributed by atoms with Crippen LogP contribution in [0.3, 0.4) is 0 Å². The van der Waals surface area contributed by atoms with Crippen molar-refractivity contribution in [1.29, 1.82) is 0 Å². The maximum absolute atomic E-state index is 5.78. The molecule has 0 spiro atoms. The summed E-state index contributed by atoms with van der Waals surface area (Å²) in [6.45, 7) is 3.79. The first kappa shape index (κ1) is 16.9. The van der Waals surface area contributed by atoms with Crippen LogP contribution in [0, 0.1) is 6.92 Å². The van der Waals surface area contributed by atoms with Gasteiger partial charge in [0.15, 0.2) is 0 Å². The molecular weight excluding hydrogens is 324 g/mol. The zero-order chi connectivity index (χ0) is 18.1. The first-order valence-electron chi connectivity index (χ1n) is 9.24. The minimum absolute atomic E-state index is 0.286. The number of hydrogen-bond donors (Lipinski definition) is 1. The van der Waals surface area contributed by atoms with Crippen molar-refractivity contribution in [2.45, 2.75) is 25.9 Å². The Morgan fingerprint density at radius 2 is 2.00 bits per heavy atom. The molecule has 1 saturated heterocycles. The third-order valence-corrected chi connectivity index (χ3v) is 4.94. The maximum Gasteiger partial charge on any atom is 0.139 e. The predicted molar refractivity (Wildman–Crippen MR) is 107 cm³/mol. The molecule has 0 saturated carbocycles. The maximum atomic E-state index is 5.78. The summed E-state index contributed by atoms with van der Waals surface area (Å²) < 4.78 is 7.93. The fourth-order valence-electron chi connectivity index (χ4n) is 3.45. The Morgan fingerprint density at radius 3 is 2.69 bits per heavy atom. The third-order valence-electron chi connectivity index (χ3n) is 4.94. The summed E-state index contributed by atoms with van der Waals surface area (Å²) in [5.74, 6) is 1.04. The molecule has 3 heterocycles. The smallest absolute Gasteiger partial charge is 0.139 e. The Labute approximate surface area is 154 Å². The van der Waals surface area contributed by atoms with Crippen molar-refractivity contribution >= 4 is 17.2 Å². The van der Waals surface area contributed by atoms with E-state index in [-0.39, 0.29) is 6.10 Å². The molecule has 5 nitrogen and oxygen atoms in total. The zero-order valence-corrected chi connectivity index (χ0v) is 15.7. The summed E-state index contributed by atoms with van der Waals surface area (Å²) in [5.41, 5.74) is 5.45. The number of anilines is 2. The van der Waals surface area contributed by atoms with Gasteiger partial charge in [-0.25, -0.2) is 4.98 Å². The number of hydrogen-bond acceptors (Lipinski definition) is 4. The van der Waals surface area contributed by atoms with E-state index in [2.05, 4.69) is 78.2 Å². The van der Waals surface area contributed by atoms with Crippen LogP contribution in [-0.2, 0) is 4.74 Å². The highest BCUT2D eigenvalue weighted by Crippen LogP contribution is 2.30. The number of nitrogens with zero attached hydrogens (tertiary/aromatic N) is 3. The van der Waals surface area contributed by atoms with Crippen molar-refractivity contribution in [3.8, 4) is 11.3 Å². The van der Waals surface area contributed by atoms with Gasteiger partial charge in [-0.3, -0.25) is 4.40 Å². The topological polar surface area (TPSA) is 41.8 Å². The van der Waals surface area contributed by atoms with E-state index in [0.29, 0.717) is 0 Å². The van der Waals surface area contributed by atoms with Crippen molar-refractivity contribution in [3.05, 3.63) is 48.2 Å². The second-order valence-electron chi connectivity index (χ2n) is 7.20. The molecule has 1 aliphatic heterocycles. The standard InChI is InChI=1S/C21H26N4O/c1-15-6-11-19-23-20(16-7-9-17(10-8-16)24(2)3)21(25(19)14-15)22-13-18-5-4-12-26-18/h6-11,14,18,22H,4-5,12-13H2,1-3H3. The van der Waals surface area contributed by atoms with Gasteiger partial charge >= 0.3 is 0 Å². The Kier molecular flexibility index (Phi) is 4.55. The zero-order valence-electron chi connectivity index (χ0n) is 15.7. The van der Waals surface area contributed by atoms with E-state index in [1.165, 1.54) is 11.3 Å². The molecule has 1 N–H and O–H groups in total. The molecule has 2 aromatic heterocycles. The van der Waals surface area contributed by atoms with Gasteiger partial charge in [-0.15, -0.1) is 0 Å². The number of benzene rings is 1. The van der Waals surface area contributed by atoms with Gasteiger partial charge in [0, 0.05) is 44.7 Å². The van der Waals surface area contributed by atoms with Crippen molar-refractivity contribution < 1.29 is 4.74 Å². The minimum Gasteiger partial charge on any atom is -0.378 e. The fraction of sp³-hybridized carbons (Fsp3) is 0.381. The summed E-state index contributed by atoms with van der Waals surface area (Å²) in [6.07, 6.45) is 4.69. The van der Waals surface area contributed by atoms with Gasteiger partial charge in [-0.2, -0.15) is 0 Å². The van der Waals surface area contributed by atoms with E-state index in [0.717, 1.165) is 48.7 Å². The molecule has 0 amide bonds. The van der Waals surface area contributed by atoms with Gasteiger partial charge in [0.05, 0.1) is 6.10 Å². The molecule has 0 aliphatic carbocycles. The average Bonchev–Trinajstić information content (AvgIpc) is 3.27. The average molecular weight is 350 g/mol. The van der Waals surface area contributed by atoms with Crippen molar-refractivity contribution in [3.63, 3.8) is 0 Å². The lowest BCUT2D eigenvalue weighted by atomic mass is 10.1. The van der Waals surface area contributed by atoms with E-state index >= 15 is 0 Å². The van der Waals surface area contributed by atoms with Gasteiger partial charge in [-0.1, -0.05) is 18.2 Å². The highest BCUT2D eigenvalue weighted by atomic mass is 16.5. The summed E-state index contributed by atoms with van der Waals surface area (Å²) in [6, 6.07) is 12.7. The molecule has 1 aliphatic rings. The number of pyridine rings is 1. The lowest BCUT2D eigenvalue weighted by Gasteiger charge is -2.14.